The number of nitrogens with two attached hydrogens (primary N) is 1. The maximum atomic E-state index is 12.1. The van der Waals surface area contributed by atoms with Gasteiger partial charge in [0.15, 0.2) is 0 Å². The Morgan fingerprint density at radius 1 is 1.33 bits per heavy atom. The first kappa shape index (κ1) is 14.8. The minimum absolute atomic E-state index is 0.0592. The number of ether oxygens (including phenoxy) is 1. The van der Waals surface area contributed by atoms with Crippen LogP contribution in [0.4, 0.5) is 13.2 Å². The molecule has 0 saturated heterocycles. The zero-order chi connectivity index (χ0) is 13.8. The Bertz CT molecular complexity index is 395. The van der Waals surface area contributed by atoms with Crippen molar-refractivity contribution in [1.29, 1.82) is 0 Å². The summed E-state index contributed by atoms with van der Waals surface area (Å²) in [5.41, 5.74) is 4.50. The van der Waals surface area contributed by atoms with Crippen LogP contribution in [0.3, 0.4) is 0 Å². The number of benzene rings is 1. The summed E-state index contributed by atoms with van der Waals surface area (Å²) < 4.78 is 40.1. The average molecular weight is 263 g/mol. The van der Waals surface area contributed by atoms with Crippen molar-refractivity contribution >= 4 is 0 Å². The fraction of sp³-hybridized carbons (Fsp3) is 0.500. The Morgan fingerprint density at radius 2 is 2.00 bits per heavy atom. The second kappa shape index (κ2) is 5.58. The highest BCUT2D eigenvalue weighted by Crippen LogP contribution is 2.30. The Morgan fingerprint density at radius 3 is 2.50 bits per heavy atom. The van der Waals surface area contributed by atoms with Crippen molar-refractivity contribution in [1.82, 2.24) is 0 Å². The monoisotopic (exact) mass is 263 g/mol. The van der Waals surface area contributed by atoms with E-state index < -0.39 is 12.0 Å². The van der Waals surface area contributed by atoms with E-state index in [2.05, 4.69) is 4.74 Å². The van der Waals surface area contributed by atoms with E-state index in [-0.39, 0.29) is 12.3 Å². The molecule has 0 radical (unpaired) electrons. The average Bonchev–Trinajstić information content (AvgIpc) is 2.27. The molecule has 0 saturated carbocycles. The van der Waals surface area contributed by atoms with E-state index in [9.17, 15) is 18.3 Å². The molecule has 0 aliphatic heterocycles. The number of halogens is 3. The number of alkyl halides is 3. The van der Waals surface area contributed by atoms with Crippen molar-refractivity contribution in [2.75, 3.05) is 6.54 Å². The van der Waals surface area contributed by atoms with Crippen LogP contribution >= 0.6 is 0 Å². The predicted octanol–water partition coefficient (Wildman–Crippen LogP) is 2.53. The zero-order valence-electron chi connectivity index (χ0n) is 10.00. The van der Waals surface area contributed by atoms with E-state index in [0.717, 1.165) is 6.07 Å². The minimum atomic E-state index is -4.75. The summed E-state index contributed by atoms with van der Waals surface area (Å²) in [6.45, 7) is 1.80. The summed E-state index contributed by atoms with van der Waals surface area (Å²) in [5, 5.41) is 10.3. The molecule has 0 bridgehead atoms. The third-order valence-electron chi connectivity index (χ3n) is 2.61. The van der Waals surface area contributed by atoms with Gasteiger partial charge < -0.3 is 15.6 Å². The van der Waals surface area contributed by atoms with Gasteiger partial charge in [-0.1, -0.05) is 25.5 Å². The summed E-state index contributed by atoms with van der Waals surface area (Å²) in [6, 6.07) is 5.27. The lowest BCUT2D eigenvalue weighted by Gasteiger charge is -2.27. The summed E-state index contributed by atoms with van der Waals surface area (Å²) in [4.78, 5) is 0. The topological polar surface area (TPSA) is 55.5 Å². The molecule has 0 fully saturated rings. The Hall–Kier alpha value is -1.27. The van der Waals surface area contributed by atoms with Gasteiger partial charge in [-0.3, -0.25) is 0 Å². The fourth-order valence-corrected chi connectivity index (χ4v) is 1.76. The second-order valence-corrected chi connectivity index (χ2v) is 4.06. The van der Waals surface area contributed by atoms with E-state index in [0.29, 0.717) is 18.4 Å². The van der Waals surface area contributed by atoms with E-state index in [1.807, 2.05) is 6.92 Å². The van der Waals surface area contributed by atoms with Gasteiger partial charge in [0.25, 0.3) is 0 Å². The van der Waals surface area contributed by atoms with Crippen molar-refractivity contribution < 1.29 is 23.0 Å². The van der Waals surface area contributed by atoms with Crippen molar-refractivity contribution in [2.45, 2.75) is 31.7 Å². The molecule has 0 heterocycles. The van der Waals surface area contributed by atoms with Crippen LogP contribution in [0.15, 0.2) is 24.3 Å². The van der Waals surface area contributed by atoms with Crippen molar-refractivity contribution in [3.8, 4) is 5.75 Å². The van der Waals surface area contributed by atoms with Crippen LogP contribution in [0, 0.1) is 0 Å². The lowest BCUT2D eigenvalue weighted by atomic mass is 9.89. The standard InChI is InChI=1S/C12H16F3NO2/c1-2-6-11(17,8-16)9-4-3-5-10(7-9)18-12(13,14)15/h3-5,7,17H,2,6,8,16H2,1H3. The van der Waals surface area contributed by atoms with E-state index in [1.54, 1.807) is 0 Å². The molecule has 1 rings (SSSR count). The highest BCUT2D eigenvalue weighted by molar-refractivity contribution is 5.32. The molecule has 0 spiro atoms. The molecule has 0 aliphatic rings. The van der Waals surface area contributed by atoms with Gasteiger partial charge >= 0.3 is 6.36 Å². The predicted molar refractivity (Wildman–Crippen MR) is 61.0 cm³/mol. The van der Waals surface area contributed by atoms with Gasteiger partial charge in [0, 0.05) is 6.54 Å². The van der Waals surface area contributed by atoms with Crippen LogP contribution in [-0.4, -0.2) is 18.0 Å². The quantitative estimate of drug-likeness (QED) is 0.858. The molecule has 1 aromatic carbocycles. The van der Waals surface area contributed by atoms with Gasteiger partial charge in [-0.15, -0.1) is 13.2 Å². The Balaban J connectivity index is 3.00. The van der Waals surface area contributed by atoms with Gasteiger partial charge in [0.2, 0.25) is 0 Å². The van der Waals surface area contributed by atoms with Crippen molar-refractivity contribution in [3.63, 3.8) is 0 Å². The third kappa shape index (κ3) is 3.89. The molecule has 0 aliphatic carbocycles. The number of rotatable bonds is 5. The lowest BCUT2D eigenvalue weighted by molar-refractivity contribution is -0.274. The first-order chi connectivity index (χ1) is 8.30. The molecule has 18 heavy (non-hydrogen) atoms. The molecule has 102 valence electrons. The van der Waals surface area contributed by atoms with Gasteiger partial charge in [0.1, 0.15) is 11.4 Å². The van der Waals surface area contributed by atoms with Crippen LogP contribution in [0.2, 0.25) is 0 Å². The van der Waals surface area contributed by atoms with Crippen LogP contribution < -0.4 is 10.5 Å². The molecule has 1 atom stereocenters. The Kier molecular flexibility index (Phi) is 4.59. The van der Waals surface area contributed by atoms with Crippen LogP contribution in [-0.2, 0) is 5.60 Å². The molecule has 3 N–H and O–H groups in total. The van der Waals surface area contributed by atoms with Crippen LogP contribution in [0.25, 0.3) is 0 Å². The third-order valence-corrected chi connectivity index (χ3v) is 2.61. The van der Waals surface area contributed by atoms with E-state index >= 15 is 0 Å². The van der Waals surface area contributed by atoms with Gasteiger partial charge in [-0.05, 0) is 24.1 Å². The van der Waals surface area contributed by atoms with Gasteiger partial charge in [-0.2, -0.15) is 0 Å². The first-order valence-corrected chi connectivity index (χ1v) is 5.59. The molecule has 3 nitrogen and oxygen atoms in total. The summed E-state index contributed by atoms with van der Waals surface area (Å²) in [5.74, 6) is -0.358. The number of aliphatic hydroxyl groups is 1. The highest BCUT2D eigenvalue weighted by atomic mass is 19.4. The number of hydrogen-bond donors (Lipinski definition) is 2. The molecule has 0 amide bonds. The van der Waals surface area contributed by atoms with E-state index in [1.165, 1.54) is 18.2 Å². The molecule has 6 heteroatoms. The van der Waals surface area contributed by atoms with Crippen molar-refractivity contribution in [2.24, 2.45) is 5.73 Å². The van der Waals surface area contributed by atoms with E-state index in [4.69, 9.17) is 5.73 Å². The molecule has 1 unspecified atom stereocenters. The van der Waals surface area contributed by atoms with Gasteiger partial charge in [-0.25, -0.2) is 0 Å². The molecular weight excluding hydrogens is 247 g/mol. The maximum absolute atomic E-state index is 12.1. The second-order valence-electron chi connectivity index (χ2n) is 4.06. The zero-order valence-corrected chi connectivity index (χ0v) is 10.00. The summed E-state index contributed by atoms with van der Waals surface area (Å²) >= 11 is 0. The lowest BCUT2D eigenvalue weighted by Crippen LogP contribution is -2.34. The van der Waals surface area contributed by atoms with Gasteiger partial charge in [0.05, 0.1) is 0 Å². The Labute approximate surface area is 103 Å². The highest BCUT2D eigenvalue weighted by Gasteiger charge is 2.32. The SMILES string of the molecule is CCCC(O)(CN)c1cccc(OC(F)(F)F)c1. The van der Waals surface area contributed by atoms with Crippen LogP contribution in [0.1, 0.15) is 25.3 Å². The fourth-order valence-electron chi connectivity index (χ4n) is 1.76. The van der Waals surface area contributed by atoms with Crippen LogP contribution in [0.5, 0.6) is 5.75 Å². The molecule has 0 aromatic heterocycles. The smallest absolute Gasteiger partial charge is 0.406 e. The minimum Gasteiger partial charge on any atom is -0.406 e. The number of hydrogen-bond acceptors (Lipinski definition) is 3. The summed E-state index contributed by atoms with van der Waals surface area (Å²) in [6.07, 6.45) is -3.71. The molecular formula is C12H16F3NO2. The van der Waals surface area contributed by atoms with Crippen molar-refractivity contribution in [3.05, 3.63) is 29.8 Å². The normalized spacial score (nSPS) is 15.2. The first-order valence-electron chi connectivity index (χ1n) is 5.59. The maximum Gasteiger partial charge on any atom is 0.573 e. The molecule has 1 aromatic rings. The largest absolute Gasteiger partial charge is 0.573 e. The summed E-state index contributed by atoms with van der Waals surface area (Å²) in [7, 11) is 0.